The van der Waals surface area contributed by atoms with Crippen LogP contribution in [0, 0.1) is 44.4 Å². The van der Waals surface area contributed by atoms with Crippen molar-refractivity contribution in [3.05, 3.63) is 97.0 Å². The first-order valence-corrected chi connectivity index (χ1v) is 19.4. The molecule has 4 N–H and O–H groups in total. The van der Waals surface area contributed by atoms with Gasteiger partial charge < -0.3 is 29.7 Å². The standard InChI is InChI=1S/C45H56N4O5/c1-11-29-25(6)32-20-34-27(8)31(16-17-38(50)54-19-18-24(5)15-13-14-23(3)4)42(48-34)40-41(45(52)53-10)44(51)39-28(9)35(49-43(39)40)22-37-30(12-2)26(7)33(47-37)21-36(29)46-32/h11,20-23,27,31,41,46-49H,1,5,12-19H2,2-4,6-10H3/b33-21-,34-20-,37-22-,42-40-/t27-,31-,41+/m0/s1. The third-order valence-corrected chi connectivity index (χ3v) is 11.8. The third kappa shape index (κ3) is 7.13. The smallest absolute Gasteiger partial charge is 0.321 e. The van der Waals surface area contributed by atoms with Crippen LogP contribution < -0.4 is 16.0 Å². The van der Waals surface area contributed by atoms with Crippen molar-refractivity contribution in [2.75, 3.05) is 13.7 Å². The van der Waals surface area contributed by atoms with Gasteiger partial charge in [-0.25, -0.2) is 0 Å². The van der Waals surface area contributed by atoms with Crippen LogP contribution in [0.4, 0.5) is 0 Å². The number of hydrogen-bond acceptors (Lipinski definition) is 6. The molecule has 6 rings (SSSR count). The number of ether oxygens (including phenoxy) is 2. The first-order valence-electron chi connectivity index (χ1n) is 19.4. The molecule has 0 saturated carbocycles. The molecule has 2 aliphatic heterocycles. The van der Waals surface area contributed by atoms with E-state index < -0.39 is 11.9 Å². The molecular weight excluding hydrogens is 677 g/mol. The molecule has 8 bridgehead atoms. The van der Waals surface area contributed by atoms with Gasteiger partial charge in [0.05, 0.1) is 19.4 Å². The first kappa shape index (κ1) is 38.7. The quantitative estimate of drug-likeness (QED) is 0.0821. The Morgan fingerprint density at radius 2 is 1.67 bits per heavy atom. The number of Topliss-reactive ketones (excluding diaryl/α,β-unsaturated/α-hetero) is 1. The van der Waals surface area contributed by atoms with Crippen molar-refractivity contribution in [3.8, 4) is 0 Å². The van der Waals surface area contributed by atoms with E-state index in [2.05, 4.69) is 93.2 Å². The molecule has 3 aliphatic rings. The highest BCUT2D eigenvalue weighted by Crippen LogP contribution is 2.48. The average molecular weight is 733 g/mol. The van der Waals surface area contributed by atoms with Gasteiger partial charge in [0, 0.05) is 80.6 Å². The lowest BCUT2D eigenvalue weighted by molar-refractivity contribution is -0.144. The molecule has 1 aliphatic carbocycles. The first-order chi connectivity index (χ1) is 25.8. The van der Waals surface area contributed by atoms with Crippen molar-refractivity contribution < 1.29 is 23.9 Å². The van der Waals surface area contributed by atoms with Crippen LogP contribution in [0.25, 0.3) is 29.9 Å². The van der Waals surface area contributed by atoms with E-state index in [4.69, 9.17) is 9.47 Å². The summed E-state index contributed by atoms with van der Waals surface area (Å²) in [7, 11) is 1.31. The van der Waals surface area contributed by atoms with Crippen molar-refractivity contribution >= 4 is 47.6 Å². The number of nitrogens with one attached hydrogen (secondary N) is 4. The fourth-order valence-electron chi connectivity index (χ4n) is 8.54. The minimum atomic E-state index is -1.14. The van der Waals surface area contributed by atoms with Crippen molar-refractivity contribution in [2.24, 2.45) is 23.7 Å². The maximum absolute atomic E-state index is 14.3. The summed E-state index contributed by atoms with van der Waals surface area (Å²) < 4.78 is 11.0. The average Bonchev–Trinajstić information content (AvgIpc) is 3.87. The molecule has 0 aromatic carbocycles. The van der Waals surface area contributed by atoms with Crippen LogP contribution in [0.3, 0.4) is 0 Å². The normalized spacial score (nSPS) is 22.2. The van der Waals surface area contributed by atoms with Gasteiger partial charge in [-0.15, -0.1) is 0 Å². The topological polar surface area (TPSA) is 129 Å². The van der Waals surface area contributed by atoms with Crippen LogP contribution in [0.1, 0.15) is 127 Å². The lowest BCUT2D eigenvalue weighted by Gasteiger charge is -2.19. The second-order valence-corrected chi connectivity index (χ2v) is 15.6. The zero-order valence-corrected chi connectivity index (χ0v) is 33.2. The number of allylic oxidation sites excluding steroid dienone is 2. The fourth-order valence-corrected chi connectivity index (χ4v) is 8.54. The van der Waals surface area contributed by atoms with E-state index in [0.29, 0.717) is 42.2 Å². The second-order valence-electron chi connectivity index (χ2n) is 15.6. The van der Waals surface area contributed by atoms with E-state index in [-0.39, 0.29) is 30.0 Å². The Kier molecular flexibility index (Phi) is 11.3. The highest BCUT2D eigenvalue weighted by molar-refractivity contribution is 6.24. The van der Waals surface area contributed by atoms with Gasteiger partial charge in [-0.2, -0.15) is 0 Å². The van der Waals surface area contributed by atoms with E-state index in [1.54, 1.807) is 0 Å². The number of aromatic nitrogens is 3. The number of methoxy groups -OCH3 is 1. The number of rotatable bonds is 13. The predicted molar refractivity (Wildman–Crippen MR) is 216 cm³/mol. The van der Waals surface area contributed by atoms with E-state index in [0.717, 1.165) is 92.7 Å². The van der Waals surface area contributed by atoms with Gasteiger partial charge in [0.2, 0.25) is 0 Å². The monoisotopic (exact) mass is 732 g/mol. The number of ketones is 1. The summed E-state index contributed by atoms with van der Waals surface area (Å²) in [6.45, 7) is 23.4. The SMILES string of the molecule is C=Cc1c2[nH]c(c1C)/C=C1\N/C(=C3\c4[nH]c(c(C)c4C(=O)[C@@H]3C(=O)OC)/C=c3\[nH]/c(c(C)c3CC)=C\2)[C@@H](CCC(=O)OCCC(=C)CCCC(C)C)[C@@H]1C. The van der Waals surface area contributed by atoms with Crippen molar-refractivity contribution in [2.45, 2.75) is 93.4 Å². The van der Waals surface area contributed by atoms with E-state index >= 15 is 0 Å². The van der Waals surface area contributed by atoms with Gasteiger partial charge in [-0.05, 0) is 92.9 Å². The number of carbonyl (C=O) groups excluding carboxylic acids is 3. The molecule has 5 heterocycles. The summed E-state index contributed by atoms with van der Waals surface area (Å²) in [4.78, 5) is 51.9. The minimum Gasteiger partial charge on any atom is -0.468 e. The van der Waals surface area contributed by atoms with Crippen LogP contribution in [0.5, 0.6) is 0 Å². The van der Waals surface area contributed by atoms with Crippen molar-refractivity contribution in [1.29, 1.82) is 0 Å². The van der Waals surface area contributed by atoms with Crippen molar-refractivity contribution in [3.63, 3.8) is 0 Å². The molecule has 1 saturated heterocycles. The predicted octanol–water partition coefficient (Wildman–Crippen LogP) is 7.46. The van der Waals surface area contributed by atoms with Gasteiger partial charge in [0.1, 0.15) is 5.92 Å². The van der Waals surface area contributed by atoms with E-state index in [1.807, 2.05) is 13.0 Å². The number of hydrogen-bond donors (Lipinski definition) is 4. The summed E-state index contributed by atoms with van der Waals surface area (Å²) in [6.07, 6.45) is 13.5. The largest absolute Gasteiger partial charge is 0.468 e. The number of H-pyrrole nitrogens is 3. The van der Waals surface area contributed by atoms with Crippen LogP contribution >= 0.6 is 0 Å². The van der Waals surface area contributed by atoms with Crippen LogP contribution in [-0.4, -0.2) is 46.4 Å². The van der Waals surface area contributed by atoms with Gasteiger partial charge >= 0.3 is 11.9 Å². The fraction of sp³-hybridized carbons (Fsp3) is 0.444. The molecule has 0 unspecified atom stereocenters. The molecule has 1 fully saturated rings. The molecule has 286 valence electrons. The van der Waals surface area contributed by atoms with Gasteiger partial charge in [0.25, 0.3) is 0 Å². The number of esters is 2. The molecule has 0 amide bonds. The molecule has 3 aromatic rings. The maximum atomic E-state index is 14.3. The van der Waals surface area contributed by atoms with E-state index in [9.17, 15) is 14.4 Å². The number of carbonyl (C=O) groups is 3. The van der Waals surface area contributed by atoms with Crippen LogP contribution in [-0.2, 0) is 25.5 Å². The molecule has 3 aromatic heterocycles. The van der Waals surface area contributed by atoms with Gasteiger partial charge in [-0.3, -0.25) is 14.4 Å². The Labute approximate surface area is 318 Å². The Balaban J connectivity index is 1.46. The van der Waals surface area contributed by atoms with Gasteiger partial charge in [0.15, 0.2) is 5.78 Å². The van der Waals surface area contributed by atoms with Crippen LogP contribution in [0.15, 0.2) is 30.1 Å². The zero-order chi connectivity index (χ0) is 39.0. The summed E-state index contributed by atoms with van der Waals surface area (Å²) in [5, 5.41) is 5.63. The zero-order valence-electron chi connectivity index (χ0n) is 33.2. The Morgan fingerprint density at radius 3 is 2.35 bits per heavy atom. The molecule has 3 atom stereocenters. The molecule has 54 heavy (non-hydrogen) atoms. The van der Waals surface area contributed by atoms with Crippen molar-refractivity contribution in [1.82, 2.24) is 20.3 Å². The Morgan fingerprint density at radius 1 is 0.944 bits per heavy atom. The van der Waals surface area contributed by atoms with E-state index in [1.165, 1.54) is 12.7 Å². The molecule has 0 spiro atoms. The molecule has 9 nitrogen and oxygen atoms in total. The second kappa shape index (κ2) is 15.7. The Bertz CT molecular complexity index is 2220. The summed E-state index contributed by atoms with van der Waals surface area (Å²) >= 11 is 0. The third-order valence-electron chi connectivity index (χ3n) is 11.8. The highest BCUT2D eigenvalue weighted by Gasteiger charge is 2.48. The lowest BCUT2D eigenvalue weighted by Crippen LogP contribution is -2.25. The molecular formula is C45H56N4O5. The summed E-state index contributed by atoms with van der Waals surface area (Å²) in [5.41, 5.74) is 12.3. The highest BCUT2D eigenvalue weighted by atomic mass is 16.5. The lowest BCUT2D eigenvalue weighted by atomic mass is 9.85. The van der Waals surface area contributed by atoms with Gasteiger partial charge in [-0.1, -0.05) is 58.9 Å². The Hall–Kier alpha value is -5.05. The molecule has 9 heteroatoms. The minimum absolute atomic E-state index is 0.0847. The summed E-state index contributed by atoms with van der Waals surface area (Å²) in [6, 6.07) is 0. The molecule has 0 radical (unpaired) electrons. The maximum Gasteiger partial charge on any atom is 0.321 e. The van der Waals surface area contributed by atoms with Crippen LogP contribution in [0.2, 0.25) is 0 Å². The number of aromatic amines is 3. The summed E-state index contributed by atoms with van der Waals surface area (Å²) in [5.74, 6) is -1.97. The number of fused-ring (bicyclic) bond motifs is 7.